The minimum atomic E-state index is -0.352. The molecule has 4 nitrogen and oxygen atoms in total. The van der Waals surface area contributed by atoms with E-state index in [1.54, 1.807) is 12.1 Å². The fourth-order valence-corrected chi connectivity index (χ4v) is 2.90. The molecule has 0 spiro atoms. The zero-order valence-corrected chi connectivity index (χ0v) is 13.8. The number of non-ortho nitro benzene ring substituents is 1. The molecule has 0 heterocycles. The molecule has 25 heavy (non-hydrogen) atoms. The molecule has 0 aliphatic heterocycles. The van der Waals surface area contributed by atoms with E-state index in [4.69, 9.17) is 0 Å². The molecule has 1 unspecified atom stereocenters. The predicted octanol–water partition coefficient (Wildman–Crippen LogP) is 4.52. The summed E-state index contributed by atoms with van der Waals surface area (Å²) in [7, 11) is 0. The van der Waals surface area contributed by atoms with Gasteiger partial charge < -0.3 is 5.32 Å². The molecule has 3 aromatic rings. The van der Waals surface area contributed by atoms with E-state index in [1.165, 1.54) is 11.6 Å². The zero-order chi connectivity index (χ0) is 17.5. The molecule has 0 saturated carbocycles. The Hall–Kier alpha value is -2.98. The highest BCUT2D eigenvalue weighted by atomic mass is 16.6. The van der Waals surface area contributed by atoms with Gasteiger partial charge in [0.25, 0.3) is 5.69 Å². The van der Waals surface area contributed by atoms with Crippen molar-refractivity contribution in [1.82, 2.24) is 5.32 Å². The Morgan fingerprint density at radius 1 is 0.840 bits per heavy atom. The van der Waals surface area contributed by atoms with Crippen LogP contribution in [0, 0.1) is 10.1 Å². The van der Waals surface area contributed by atoms with Gasteiger partial charge in [0.15, 0.2) is 0 Å². The van der Waals surface area contributed by atoms with Crippen molar-refractivity contribution in [3.05, 3.63) is 112 Å². The molecule has 0 saturated heterocycles. The SMILES string of the molecule is O=[N+]([O-])c1cccc(C(NCCc2ccccc2)c2ccccc2)c1. The number of hydrogen-bond donors (Lipinski definition) is 1. The van der Waals surface area contributed by atoms with E-state index < -0.39 is 0 Å². The highest BCUT2D eigenvalue weighted by molar-refractivity contribution is 5.40. The number of nitro benzene ring substituents is 1. The van der Waals surface area contributed by atoms with Gasteiger partial charge in [-0.3, -0.25) is 10.1 Å². The molecule has 4 heteroatoms. The normalized spacial score (nSPS) is 11.8. The van der Waals surface area contributed by atoms with Gasteiger partial charge in [-0.05, 0) is 23.1 Å². The monoisotopic (exact) mass is 332 g/mol. The van der Waals surface area contributed by atoms with Crippen molar-refractivity contribution in [2.45, 2.75) is 12.5 Å². The van der Waals surface area contributed by atoms with Crippen LogP contribution in [0.5, 0.6) is 0 Å². The first-order valence-electron chi connectivity index (χ1n) is 8.30. The number of benzene rings is 3. The van der Waals surface area contributed by atoms with Crippen molar-refractivity contribution in [2.75, 3.05) is 6.54 Å². The van der Waals surface area contributed by atoms with Gasteiger partial charge in [-0.25, -0.2) is 0 Å². The van der Waals surface area contributed by atoms with Crippen molar-refractivity contribution in [1.29, 1.82) is 0 Å². The number of hydrogen-bond acceptors (Lipinski definition) is 3. The Balaban J connectivity index is 1.81. The Labute approximate surface area is 147 Å². The third kappa shape index (κ3) is 4.52. The lowest BCUT2D eigenvalue weighted by Crippen LogP contribution is -2.24. The smallest absolute Gasteiger partial charge is 0.269 e. The third-order valence-electron chi connectivity index (χ3n) is 4.15. The van der Waals surface area contributed by atoms with Crippen LogP contribution in [0.4, 0.5) is 5.69 Å². The largest absolute Gasteiger partial charge is 0.306 e. The molecular formula is C21H20N2O2. The second-order valence-electron chi connectivity index (χ2n) is 5.89. The lowest BCUT2D eigenvalue weighted by molar-refractivity contribution is -0.384. The summed E-state index contributed by atoms with van der Waals surface area (Å²) in [5.74, 6) is 0. The highest BCUT2D eigenvalue weighted by Crippen LogP contribution is 2.25. The van der Waals surface area contributed by atoms with E-state index in [9.17, 15) is 10.1 Å². The molecule has 3 aromatic carbocycles. The van der Waals surface area contributed by atoms with Gasteiger partial charge in [0.1, 0.15) is 0 Å². The molecule has 0 aliphatic carbocycles. The van der Waals surface area contributed by atoms with Gasteiger partial charge in [0, 0.05) is 18.7 Å². The molecule has 3 rings (SSSR count). The van der Waals surface area contributed by atoms with E-state index >= 15 is 0 Å². The molecule has 0 aromatic heterocycles. The summed E-state index contributed by atoms with van der Waals surface area (Å²) in [6, 6.07) is 27.1. The minimum Gasteiger partial charge on any atom is -0.306 e. The fraction of sp³-hybridized carbons (Fsp3) is 0.143. The molecule has 126 valence electrons. The topological polar surface area (TPSA) is 55.2 Å². The van der Waals surface area contributed by atoms with E-state index in [2.05, 4.69) is 17.4 Å². The van der Waals surface area contributed by atoms with Crippen LogP contribution in [0.3, 0.4) is 0 Å². The summed E-state index contributed by atoms with van der Waals surface area (Å²) in [4.78, 5) is 10.7. The van der Waals surface area contributed by atoms with Crippen LogP contribution < -0.4 is 5.32 Å². The van der Waals surface area contributed by atoms with Gasteiger partial charge >= 0.3 is 0 Å². The lowest BCUT2D eigenvalue weighted by atomic mass is 9.98. The Morgan fingerprint density at radius 3 is 2.16 bits per heavy atom. The molecule has 0 bridgehead atoms. The predicted molar refractivity (Wildman–Crippen MR) is 99.5 cm³/mol. The quantitative estimate of drug-likeness (QED) is 0.511. The van der Waals surface area contributed by atoms with Gasteiger partial charge in [0.05, 0.1) is 11.0 Å². The van der Waals surface area contributed by atoms with Crippen molar-refractivity contribution in [3.63, 3.8) is 0 Å². The van der Waals surface area contributed by atoms with Gasteiger partial charge in [-0.2, -0.15) is 0 Å². The van der Waals surface area contributed by atoms with E-state index in [1.807, 2.05) is 54.6 Å². The first-order valence-corrected chi connectivity index (χ1v) is 8.30. The van der Waals surface area contributed by atoms with Crippen LogP contribution >= 0.6 is 0 Å². The standard InChI is InChI=1S/C21H20N2O2/c24-23(25)20-13-7-12-19(16-20)21(18-10-5-2-6-11-18)22-15-14-17-8-3-1-4-9-17/h1-13,16,21-22H,14-15H2. The lowest BCUT2D eigenvalue weighted by Gasteiger charge is -2.20. The summed E-state index contributed by atoms with van der Waals surface area (Å²) >= 11 is 0. The van der Waals surface area contributed by atoms with Crippen molar-refractivity contribution < 1.29 is 4.92 Å². The summed E-state index contributed by atoms with van der Waals surface area (Å²) < 4.78 is 0. The van der Waals surface area contributed by atoms with Gasteiger partial charge in [-0.15, -0.1) is 0 Å². The second-order valence-corrected chi connectivity index (χ2v) is 5.89. The molecule has 0 fully saturated rings. The Bertz CT molecular complexity index is 820. The Kier molecular flexibility index (Phi) is 5.54. The summed E-state index contributed by atoms with van der Waals surface area (Å²) in [6.45, 7) is 0.784. The molecule has 0 amide bonds. The summed E-state index contributed by atoms with van der Waals surface area (Å²) in [6.07, 6.45) is 0.902. The number of nitrogens with zero attached hydrogens (tertiary/aromatic N) is 1. The maximum absolute atomic E-state index is 11.1. The molecule has 1 atom stereocenters. The van der Waals surface area contributed by atoms with E-state index in [0.717, 1.165) is 24.1 Å². The van der Waals surface area contributed by atoms with Crippen molar-refractivity contribution in [3.8, 4) is 0 Å². The number of rotatable bonds is 7. The molecule has 0 radical (unpaired) electrons. The maximum atomic E-state index is 11.1. The van der Waals surface area contributed by atoms with Crippen LogP contribution in [0.2, 0.25) is 0 Å². The summed E-state index contributed by atoms with van der Waals surface area (Å²) in [5, 5.41) is 14.6. The molecule has 0 aliphatic rings. The number of nitrogens with one attached hydrogen (secondary N) is 1. The number of nitro groups is 1. The average Bonchev–Trinajstić information content (AvgIpc) is 2.67. The highest BCUT2D eigenvalue weighted by Gasteiger charge is 2.16. The average molecular weight is 332 g/mol. The van der Waals surface area contributed by atoms with Crippen LogP contribution in [0.25, 0.3) is 0 Å². The first-order chi connectivity index (χ1) is 12.2. The van der Waals surface area contributed by atoms with Crippen LogP contribution in [-0.2, 0) is 6.42 Å². The van der Waals surface area contributed by atoms with E-state index in [0.29, 0.717) is 0 Å². The van der Waals surface area contributed by atoms with Crippen LogP contribution in [0.15, 0.2) is 84.9 Å². The van der Waals surface area contributed by atoms with Crippen LogP contribution in [0.1, 0.15) is 22.7 Å². The third-order valence-corrected chi connectivity index (χ3v) is 4.15. The first kappa shape index (κ1) is 16.9. The fourth-order valence-electron chi connectivity index (χ4n) is 2.90. The van der Waals surface area contributed by atoms with Crippen molar-refractivity contribution in [2.24, 2.45) is 0 Å². The molecule has 1 N–H and O–H groups in total. The second kappa shape index (κ2) is 8.22. The summed E-state index contributed by atoms with van der Waals surface area (Å²) in [5.41, 5.74) is 3.37. The minimum absolute atomic E-state index is 0.0789. The maximum Gasteiger partial charge on any atom is 0.269 e. The Morgan fingerprint density at radius 2 is 1.48 bits per heavy atom. The zero-order valence-electron chi connectivity index (χ0n) is 13.8. The molecular weight excluding hydrogens is 312 g/mol. The van der Waals surface area contributed by atoms with Crippen LogP contribution in [-0.4, -0.2) is 11.5 Å². The van der Waals surface area contributed by atoms with Crippen molar-refractivity contribution >= 4 is 5.69 Å². The van der Waals surface area contributed by atoms with Gasteiger partial charge in [-0.1, -0.05) is 72.8 Å². The van der Waals surface area contributed by atoms with E-state index in [-0.39, 0.29) is 16.7 Å². The van der Waals surface area contributed by atoms with Gasteiger partial charge in [0.2, 0.25) is 0 Å².